The Bertz CT molecular complexity index is 864. The highest BCUT2D eigenvalue weighted by molar-refractivity contribution is 5.96. The van der Waals surface area contributed by atoms with Crippen molar-refractivity contribution >= 4 is 17.7 Å². The lowest BCUT2D eigenvalue weighted by molar-refractivity contribution is -0.120. The number of carbonyl (C=O) groups excluding carboxylic acids is 1. The molecule has 2 aromatic rings. The van der Waals surface area contributed by atoms with Crippen molar-refractivity contribution < 1.29 is 23.0 Å². The average Bonchev–Trinajstić information content (AvgIpc) is 3.04. The summed E-state index contributed by atoms with van der Waals surface area (Å²) in [5, 5.41) is 0. The van der Waals surface area contributed by atoms with Crippen LogP contribution >= 0.6 is 0 Å². The van der Waals surface area contributed by atoms with Crippen molar-refractivity contribution in [1.29, 1.82) is 0 Å². The third-order valence-corrected chi connectivity index (χ3v) is 4.21. The Morgan fingerprint density at radius 3 is 2.77 bits per heavy atom. The Labute approximate surface area is 150 Å². The van der Waals surface area contributed by atoms with Crippen LogP contribution in [0.15, 0.2) is 36.4 Å². The fourth-order valence-corrected chi connectivity index (χ4v) is 3.00. The van der Waals surface area contributed by atoms with Crippen molar-refractivity contribution in [1.82, 2.24) is 0 Å². The van der Waals surface area contributed by atoms with Gasteiger partial charge >= 0.3 is 0 Å². The smallest absolute Gasteiger partial charge is 0.264 e. The van der Waals surface area contributed by atoms with Gasteiger partial charge in [-0.15, -0.1) is 0 Å². The van der Waals surface area contributed by atoms with Crippen LogP contribution in [0, 0.1) is 11.6 Å². The van der Waals surface area contributed by atoms with Gasteiger partial charge in [0, 0.05) is 18.2 Å². The molecular weight excluding hydrogens is 340 g/mol. The standard InChI is InChI=1S/C20H19F2NO3/c1-3-4-13-5-6-18(19(9-13)25-2)26-12-20(24)23-8-7-15-16(22)10-14(21)11-17(15)23/h3-6,9-11H,7-8,12H2,1-2H3/b4-3+. The maximum absolute atomic E-state index is 13.8. The molecule has 0 aromatic heterocycles. The lowest BCUT2D eigenvalue weighted by Crippen LogP contribution is -2.33. The molecule has 0 bridgehead atoms. The van der Waals surface area contributed by atoms with Crippen LogP contribution in [0.5, 0.6) is 11.5 Å². The van der Waals surface area contributed by atoms with E-state index in [1.807, 2.05) is 25.1 Å². The van der Waals surface area contributed by atoms with Crippen molar-refractivity contribution in [2.45, 2.75) is 13.3 Å². The number of ether oxygens (including phenoxy) is 2. The van der Waals surface area contributed by atoms with E-state index in [0.29, 0.717) is 30.0 Å². The van der Waals surface area contributed by atoms with Gasteiger partial charge in [0.2, 0.25) is 0 Å². The van der Waals surface area contributed by atoms with Crippen molar-refractivity contribution in [3.63, 3.8) is 0 Å². The summed E-state index contributed by atoms with van der Waals surface area (Å²) in [4.78, 5) is 13.8. The van der Waals surface area contributed by atoms with E-state index in [-0.39, 0.29) is 18.2 Å². The Balaban J connectivity index is 1.73. The molecule has 4 nitrogen and oxygen atoms in total. The molecule has 3 rings (SSSR count). The number of allylic oxidation sites excluding steroid dienone is 1. The fourth-order valence-electron chi connectivity index (χ4n) is 3.00. The summed E-state index contributed by atoms with van der Waals surface area (Å²) < 4.78 is 38.2. The second-order valence-corrected chi connectivity index (χ2v) is 5.88. The summed E-state index contributed by atoms with van der Waals surface area (Å²) in [5.41, 5.74) is 1.57. The van der Waals surface area contributed by atoms with Crippen LogP contribution < -0.4 is 14.4 Å². The monoisotopic (exact) mass is 359 g/mol. The number of halogens is 2. The van der Waals surface area contributed by atoms with E-state index >= 15 is 0 Å². The molecule has 1 heterocycles. The summed E-state index contributed by atoms with van der Waals surface area (Å²) in [6.45, 7) is 1.96. The molecule has 0 spiro atoms. The van der Waals surface area contributed by atoms with E-state index < -0.39 is 11.6 Å². The van der Waals surface area contributed by atoms with E-state index in [1.54, 1.807) is 12.1 Å². The molecule has 0 unspecified atom stereocenters. The number of hydrogen-bond donors (Lipinski definition) is 0. The maximum atomic E-state index is 13.8. The first-order chi connectivity index (χ1) is 12.5. The molecule has 0 saturated heterocycles. The number of hydrogen-bond acceptors (Lipinski definition) is 3. The number of carbonyl (C=O) groups is 1. The lowest BCUT2D eigenvalue weighted by atomic mass is 10.1. The Morgan fingerprint density at radius 1 is 1.23 bits per heavy atom. The molecule has 26 heavy (non-hydrogen) atoms. The van der Waals surface area contributed by atoms with Gasteiger partial charge in [-0.1, -0.05) is 18.2 Å². The van der Waals surface area contributed by atoms with Crippen molar-refractivity contribution in [3.8, 4) is 11.5 Å². The van der Waals surface area contributed by atoms with E-state index in [2.05, 4.69) is 0 Å². The van der Waals surface area contributed by atoms with Crippen LogP contribution in [-0.4, -0.2) is 26.2 Å². The number of benzene rings is 2. The van der Waals surface area contributed by atoms with Crippen LogP contribution in [-0.2, 0) is 11.2 Å². The van der Waals surface area contributed by atoms with Crippen LogP contribution in [0.1, 0.15) is 18.1 Å². The molecule has 0 N–H and O–H groups in total. The topological polar surface area (TPSA) is 38.8 Å². The molecule has 1 aliphatic rings. The third kappa shape index (κ3) is 3.54. The molecule has 1 aliphatic heterocycles. The van der Waals surface area contributed by atoms with E-state index in [9.17, 15) is 13.6 Å². The normalized spacial score (nSPS) is 13.2. The molecule has 0 saturated carbocycles. The Hall–Kier alpha value is -2.89. The van der Waals surface area contributed by atoms with Gasteiger partial charge < -0.3 is 14.4 Å². The van der Waals surface area contributed by atoms with Crippen LogP contribution in [0.4, 0.5) is 14.5 Å². The zero-order valence-corrected chi connectivity index (χ0v) is 14.6. The summed E-state index contributed by atoms with van der Waals surface area (Å²) in [6, 6.07) is 7.38. The Morgan fingerprint density at radius 2 is 2.04 bits per heavy atom. The minimum absolute atomic E-state index is 0.253. The van der Waals surface area contributed by atoms with Crippen molar-refractivity contribution in [2.75, 3.05) is 25.2 Å². The van der Waals surface area contributed by atoms with Crippen LogP contribution in [0.25, 0.3) is 6.08 Å². The molecule has 1 amide bonds. The molecule has 0 radical (unpaired) electrons. The van der Waals surface area contributed by atoms with E-state index in [1.165, 1.54) is 18.1 Å². The first kappa shape index (κ1) is 17.9. The van der Waals surface area contributed by atoms with Gasteiger partial charge in [-0.25, -0.2) is 8.78 Å². The Kier molecular flexibility index (Phi) is 5.21. The summed E-state index contributed by atoms with van der Waals surface area (Å²) in [5.74, 6) is -0.764. The minimum Gasteiger partial charge on any atom is -0.493 e. The molecule has 0 atom stereocenters. The zero-order valence-electron chi connectivity index (χ0n) is 14.6. The second kappa shape index (κ2) is 7.56. The van der Waals surface area contributed by atoms with Gasteiger partial charge in [-0.05, 0) is 37.1 Å². The van der Waals surface area contributed by atoms with Gasteiger partial charge in [-0.2, -0.15) is 0 Å². The molecule has 6 heteroatoms. The highest BCUT2D eigenvalue weighted by atomic mass is 19.1. The molecule has 0 fully saturated rings. The maximum Gasteiger partial charge on any atom is 0.264 e. The summed E-state index contributed by atoms with van der Waals surface area (Å²) in [7, 11) is 1.52. The first-order valence-corrected chi connectivity index (χ1v) is 8.25. The minimum atomic E-state index is -0.705. The number of methoxy groups -OCH3 is 1. The SMILES string of the molecule is C/C=C/c1ccc(OCC(=O)N2CCc3c(F)cc(F)cc32)c(OC)c1. The predicted octanol–water partition coefficient (Wildman–Crippen LogP) is 3.97. The average molecular weight is 359 g/mol. The molecule has 0 aliphatic carbocycles. The van der Waals surface area contributed by atoms with Gasteiger partial charge in [-0.3, -0.25) is 4.79 Å². The lowest BCUT2D eigenvalue weighted by Gasteiger charge is -2.18. The van der Waals surface area contributed by atoms with Crippen LogP contribution in [0.2, 0.25) is 0 Å². The van der Waals surface area contributed by atoms with Gasteiger partial charge in [0.25, 0.3) is 5.91 Å². The number of amides is 1. The highest BCUT2D eigenvalue weighted by Gasteiger charge is 2.28. The van der Waals surface area contributed by atoms with Crippen molar-refractivity contribution in [3.05, 3.63) is 59.2 Å². The van der Waals surface area contributed by atoms with Gasteiger partial charge in [0.15, 0.2) is 18.1 Å². The first-order valence-electron chi connectivity index (χ1n) is 8.25. The van der Waals surface area contributed by atoms with Crippen LogP contribution in [0.3, 0.4) is 0 Å². The summed E-state index contributed by atoms with van der Waals surface area (Å²) in [6.07, 6.45) is 4.18. The summed E-state index contributed by atoms with van der Waals surface area (Å²) >= 11 is 0. The number of rotatable bonds is 5. The number of fused-ring (bicyclic) bond motifs is 1. The fraction of sp³-hybridized carbons (Fsp3) is 0.250. The van der Waals surface area contributed by atoms with E-state index in [4.69, 9.17) is 9.47 Å². The largest absolute Gasteiger partial charge is 0.493 e. The zero-order chi connectivity index (χ0) is 18.7. The predicted molar refractivity (Wildman–Crippen MR) is 95.6 cm³/mol. The number of nitrogens with zero attached hydrogens (tertiary/aromatic N) is 1. The number of anilines is 1. The molecule has 136 valence electrons. The second-order valence-electron chi connectivity index (χ2n) is 5.88. The molecule has 2 aromatic carbocycles. The quantitative estimate of drug-likeness (QED) is 0.811. The highest BCUT2D eigenvalue weighted by Crippen LogP contribution is 2.32. The van der Waals surface area contributed by atoms with Crippen molar-refractivity contribution in [2.24, 2.45) is 0 Å². The van der Waals surface area contributed by atoms with Gasteiger partial charge in [0.05, 0.1) is 12.8 Å². The van der Waals surface area contributed by atoms with Gasteiger partial charge in [0.1, 0.15) is 11.6 Å². The van der Waals surface area contributed by atoms with E-state index in [0.717, 1.165) is 11.6 Å². The molecular formula is C20H19F2NO3. The third-order valence-electron chi connectivity index (χ3n) is 4.21.